The van der Waals surface area contributed by atoms with Crippen molar-refractivity contribution in [2.24, 2.45) is 0 Å². The molecule has 0 aliphatic carbocycles. The first kappa shape index (κ1) is 5.56. The molecule has 0 radical (unpaired) electrons. The van der Waals surface area contributed by atoms with Crippen LogP contribution in [0.5, 0.6) is 0 Å². The largest absolute Gasteiger partial charge is 0.362 e. The smallest absolute Gasteiger partial charge is 0.162 e. The second-order valence-corrected chi connectivity index (χ2v) is 2.15. The molecule has 0 saturated heterocycles. The SMILES string of the molecule is N#Cc1conc1I. The molecule has 0 aliphatic rings. The van der Waals surface area contributed by atoms with Crippen LogP contribution in [0.15, 0.2) is 10.8 Å². The van der Waals surface area contributed by atoms with Gasteiger partial charge in [-0.2, -0.15) is 5.26 Å². The first-order chi connectivity index (χ1) is 3.84. The van der Waals surface area contributed by atoms with Crippen LogP contribution in [-0.2, 0) is 0 Å². The van der Waals surface area contributed by atoms with E-state index in [-0.39, 0.29) is 0 Å². The second-order valence-electron chi connectivity index (χ2n) is 1.13. The van der Waals surface area contributed by atoms with Gasteiger partial charge in [-0.15, -0.1) is 0 Å². The van der Waals surface area contributed by atoms with Gasteiger partial charge in [0.25, 0.3) is 0 Å². The van der Waals surface area contributed by atoms with E-state index < -0.39 is 0 Å². The summed E-state index contributed by atoms with van der Waals surface area (Å²) in [5.74, 6) is 0. The number of nitrogens with zero attached hydrogens (tertiary/aromatic N) is 2. The van der Waals surface area contributed by atoms with Gasteiger partial charge >= 0.3 is 0 Å². The summed E-state index contributed by atoms with van der Waals surface area (Å²) in [4.78, 5) is 0. The third-order valence-corrected chi connectivity index (χ3v) is 1.42. The standard InChI is InChI=1S/C4HIN2O/c5-4-3(1-6)2-8-7-4/h2H. The number of aromatic nitrogens is 1. The Hall–Kier alpha value is -0.570. The Balaban J connectivity index is 3.15. The maximum Gasteiger partial charge on any atom is 0.162 e. The van der Waals surface area contributed by atoms with Gasteiger partial charge in [0.2, 0.25) is 0 Å². The lowest BCUT2D eigenvalue weighted by atomic mass is 10.4. The van der Waals surface area contributed by atoms with Crippen LogP contribution >= 0.6 is 22.6 Å². The Bertz CT molecular complexity index is 224. The predicted molar refractivity (Wildman–Crippen MR) is 33.9 cm³/mol. The van der Waals surface area contributed by atoms with Crippen molar-refractivity contribution in [2.75, 3.05) is 0 Å². The van der Waals surface area contributed by atoms with E-state index in [1.165, 1.54) is 6.26 Å². The zero-order valence-electron chi connectivity index (χ0n) is 3.76. The highest BCUT2D eigenvalue weighted by atomic mass is 127. The first-order valence-electron chi connectivity index (χ1n) is 1.84. The quantitative estimate of drug-likeness (QED) is 0.616. The minimum Gasteiger partial charge on any atom is -0.362 e. The van der Waals surface area contributed by atoms with Crippen LogP contribution in [0, 0.1) is 15.0 Å². The van der Waals surface area contributed by atoms with E-state index in [9.17, 15) is 0 Å². The van der Waals surface area contributed by atoms with Crippen molar-refractivity contribution in [2.45, 2.75) is 0 Å². The molecule has 0 aromatic carbocycles. The number of halogens is 1. The normalized spacial score (nSPS) is 8.50. The average Bonchev–Trinajstić information content (AvgIpc) is 2.14. The summed E-state index contributed by atoms with van der Waals surface area (Å²) >= 11 is 1.93. The maximum absolute atomic E-state index is 8.25. The van der Waals surface area contributed by atoms with E-state index in [0.717, 1.165) is 0 Å². The highest BCUT2D eigenvalue weighted by Gasteiger charge is 1.99. The van der Waals surface area contributed by atoms with Gasteiger partial charge in [0.15, 0.2) is 3.70 Å². The summed E-state index contributed by atoms with van der Waals surface area (Å²) in [6.07, 6.45) is 1.32. The minimum atomic E-state index is 0.491. The van der Waals surface area contributed by atoms with Crippen LogP contribution in [0.3, 0.4) is 0 Å². The highest BCUT2D eigenvalue weighted by molar-refractivity contribution is 14.1. The molecule has 40 valence electrons. The number of nitriles is 1. The van der Waals surface area contributed by atoms with Crippen LogP contribution in [0.25, 0.3) is 0 Å². The van der Waals surface area contributed by atoms with E-state index in [1.54, 1.807) is 0 Å². The molecule has 4 heteroatoms. The minimum absolute atomic E-state index is 0.491. The molecule has 1 heterocycles. The zero-order chi connectivity index (χ0) is 5.98. The van der Waals surface area contributed by atoms with Gasteiger partial charge in [-0.3, -0.25) is 0 Å². The Morgan fingerprint density at radius 3 is 2.88 bits per heavy atom. The Morgan fingerprint density at radius 2 is 2.62 bits per heavy atom. The first-order valence-corrected chi connectivity index (χ1v) is 2.92. The summed E-state index contributed by atoms with van der Waals surface area (Å²) in [5.41, 5.74) is 0.491. The molecule has 0 bridgehead atoms. The van der Waals surface area contributed by atoms with Gasteiger partial charge in [0, 0.05) is 0 Å². The van der Waals surface area contributed by atoms with Crippen molar-refractivity contribution in [3.63, 3.8) is 0 Å². The van der Waals surface area contributed by atoms with Crippen molar-refractivity contribution in [1.29, 1.82) is 5.26 Å². The molecule has 0 fully saturated rings. The van der Waals surface area contributed by atoms with Gasteiger partial charge in [0.05, 0.1) is 0 Å². The second kappa shape index (κ2) is 2.13. The monoisotopic (exact) mass is 220 g/mol. The average molecular weight is 220 g/mol. The molecule has 0 saturated carbocycles. The summed E-state index contributed by atoms with van der Waals surface area (Å²) < 4.78 is 5.07. The zero-order valence-corrected chi connectivity index (χ0v) is 5.92. The molecular formula is C4HIN2O. The third kappa shape index (κ3) is 0.816. The fourth-order valence-corrected chi connectivity index (χ4v) is 0.657. The lowest BCUT2D eigenvalue weighted by Gasteiger charge is -1.68. The Kier molecular flexibility index (Phi) is 1.48. The summed E-state index contributed by atoms with van der Waals surface area (Å²) in [6, 6.07) is 1.91. The Morgan fingerprint density at radius 1 is 1.88 bits per heavy atom. The van der Waals surface area contributed by atoms with Crippen LogP contribution < -0.4 is 0 Å². The van der Waals surface area contributed by atoms with Gasteiger partial charge in [-0.1, -0.05) is 5.16 Å². The highest BCUT2D eigenvalue weighted by Crippen LogP contribution is 2.06. The van der Waals surface area contributed by atoms with Gasteiger partial charge in [0.1, 0.15) is 17.9 Å². The number of hydrogen-bond acceptors (Lipinski definition) is 3. The molecule has 1 aromatic heterocycles. The molecule has 1 aromatic rings. The molecule has 0 amide bonds. The van der Waals surface area contributed by atoms with Crippen molar-refractivity contribution in [1.82, 2.24) is 5.16 Å². The predicted octanol–water partition coefficient (Wildman–Crippen LogP) is 1.15. The van der Waals surface area contributed by atoms with Crippen molar-refractivity contribution < 1.29 is 4.52 Å². The van der Waals surface area contributed by atoms with Crippen LogP contribution in [0.2, 0.25) is 0 Å². The maximum atomic E-state index is 8.25. The van der Waals surface area contributed by atoms with Crippen LogP contribution in [0.1, 0.15) is 5.56 Å². The lowest BCUT2D eigenvalue weighted by molar-refractivity contribution is 0.415. The number of hydrogen-bond donors (Lipinski definition) is 0. The van der Waals surface area contributed by atoms with Crippen molar-refractivity contribution in [3.8, 4) is 6.07 Å². The molecule has 0 atom stereocenters. The third-order valence-electron chi connectivity index (χ3n) is 0.646. The van der Waals surface area contributed by atoms with Gasteiger partial charge in [-0.05, 0) is 22.6 Å². The molecule has 0 spiro atoms. The molecule has 0 N–H and O–H groups in total. The van der Waals surface area contributed by atoms with Crippen molar-refractivity contribution in [3.05, 3.63) is 15.5 Å². The Labute approximate surface area is 59.4 Å². The molecule has 3 nitrogen and oxygen atoms in total. The van der Waals surface area contributed by atoms with E-state index >= 15 is 0 Å². The summed E-state index contributed by atoms with van der Waals surface area (Å²) in [7, 11) is 0. The molecular weight excluding hydrogens is 219 g/mol. The van der Waals surface area contributed by atoms with E-state index in [1.807, 2.05) is 28.7 Å². The van der Waals surface area contributed by atoms with Gasteiger partial charge < -0.3 is 4.52 Å². The summed E-state index contributed by atoms with van der Waals surface area (Å²) in [5, 5.41) is 11.7. The van der Waals surface area contributed by atoms with Crippen LogP contribution in [0.4, 0.5) is 0 Å². The van der Waals surface area contributed by atoms with E-state index in [2.05, 4.69) is 9.68 Å². The molecule has 8 heavy (non-hydrogen) atoms. The number of rotatable bonds is 0. The topological polar surface area (TPSA) is 49.8 Å². The van der Waals surface area contributed by atoms with Crippen molar-refractivity contribution >= 4 is 22.6 Å². The lowest BCUT2D eigenvalue weighted by Crippen LogP contribution is -1.70. The van der Waals surface area contributed by atoms with E-state index in [4.69, 9.17) is 5.26 Å². The molecule has 1 rings (SSSR count). The van der Waals surface area contributed by atoms with E-state index in [0.29, 0.717) is 9.26 Å². The molecule has 0 unspecified atom stereocenters. The fraction of sp³-hybridized carbons (Fsp3) is 0. The fourth-order valence-electron chi connectivity index (χ4n) is 0.296. The molecule has 0 aliphatic heterocycles. The summed E-state index contributed by atoms with van der Waals surface area (Å²) in [6.45, 7) is 0. The van der Waals surface area contributed by atoms with Crippen LogP contribution in [-0.4, -0.2) is 5.16 Å². The van der Waals surface area contributed by atoms with Gasteiger partial charge in [-0.25, -0.2) is 0 Å².